The van der Waals surface area contributed by atoms with Crippen molar-refractivity contribution in [2.24, 2.45) is 5.73 Å². The number of primary amides is 1. The Kier molecular flexibility index (Phi) is 5.68. The van der Waals surface area contributed by atoms with Crippen molar-refractivity contribution in [2.45, 2.75) is 6.61 Å². The molecule has 0 unspecified atom stereocenters. The first-order chi connectivity index (χ1) is 13.0. The van der Waals surface area contributed by atoms with E-state index in [-0.39, 0.29) is 24.9 Å². The highest BCUT2D eigenvalue weighted by molar-refractivity contribution is 7.21. The van der Waals surface area contributed by atoms with Crippen LogP contribution in [0.1, 0.15) is 15.2 Å². The minimum Gasteiger partial charge on any atom is -0.484 e. The largest absolute Gasteiger partial charge is 0.484 e. The van der Waals surface area contributed by atoms with Gasteiger partial charge in [-0.25, -0.2) is 4.39 Å². The smallest absolute Gasteiger partial charge is 0.266 e. The van der Waals surface area contributed by atoms with Crippen molar-refractivity contribution in [3.8, 4) is 5.75 Å². The lowest BCUT2D eigenvalue weighted by Crippen LogP contribution is -2.20. The first-order valence-electron chi connectivity index (χ1n) is 8.01. The number of benzene rings is 2. The number of methoxy groups -OCH3 is 1. The van der Waals surface area contributed by atoms with Crippen LogP contribution in [0.15, 0.2) is 42.5 Å². The summed E-state index contributed by atoms with van der Waals surface area (Å²) in [5.74, 6) is -0.856. The lowest BCUT2D eigenvalue weighted by Gasteiger charge is -2.08. The van der Waals surface area contributed by atoms with Gasteiger partial charge in [0.05, 0.1) is 11.5 Å². The highest BCUT2D eigenvalue weighted by Gasteiger charge is 2.20. The van der Waals surface area contributed by atoms with Crippen LogP contribution >= 0.6 is 11.3 Å². The van der Waals surface area contributed by atoms with Crippen LogP contribution in [0.3, 0.4) is 0 Å². The molecule has 0 bridgehead atoms. The molecule has 0 aliphatic rings. The minimum absolute atomic E-state index is 0.129. The monoisotopic (exact) mass is 388 g/mol. The van der Waals surface area contributed by atoms with Gasteiger partial charge in [0.25, 0.3) is 11.8 Å². The minimum atomic E-state index is -0.574. The molecule has 0 atom stereocenters. The summed E-state index contributed by atoms with van der Waals surface area (Å²) in [4.78, 5) is 23.8. The topological polar surface area (TPSA) is 90.7 Å². The van der Waals surface area contributed by atoms with Gasteiger partial charge in [0, 0.05) is 28.4 Å². The van der Waals surface area contributed by atoms with Gasteiger partial charge in [-0.1, -0.05) is 6.07 Å². The van der Waals surface area contributed by atoms with Gasteiger partial charge in [-0.05, 0) is 36.4 Å². The number of amides is 2. The second kappa shape index (κ2) is 8.15. The highest BCUT2D eigenvalue weighted by Crippen LogP contribution is 2.34. The van der Waals surface area contributed by atoms with Crippen LogP contribution in [0, 0.1) is 5.82 Å². The van der Waals surface area contributed by atoms with Gasteiger partial charge < -0.3 is 20.5 Å². The number of anilines is 1. The molecule has 3 N–H and O–H groups in total. The first-order valence-corrected chi connectivity index (χ1v) is 8.82. The number of ether oxygens (including phenoxy) is 2. The summed E-state index contributed by atoms with van der Waals surface area (Å²) in [7, 11) is 1.50. The maximum Gasteiger partial charge on any atom is 0.266 e. The zero-order valence-electron chi connectivity index (χ0n) is 14.5. The number of halogens is 1. The van der Waals surface area contributed by atoms with E-state index in [9.17, 15) is 14.0 Å². The molecule has 2 aromatic carbocycles. The molecule has 0 radical (unpaired) electrons. The Hall–Kier alpha value is -2.97. The first kappa shape index (κ1) is 18.8. The molecule has 0 spiro atoms. The molecule has 3 rings (SSSR count). The summed E-state index contributed by atoms with van der Waals surface area (Å²) in [6.45, 7) is -0.0942. The number of hydrogen-bond acceptors (Lipinski definition) is 5. The predicted molar refractivity (Wildman–Crippen MR) is 102 cm³/mol. The van der Waals surface area contributed by atoms with E-state index in [1.807, 2.05) is 0 Å². The molecule has 0 aliphatic carbocycles. The van der Waals surface area contributed by atoms with Crippen LogP contribution in [0.25, 0.3) is 10.1 Å². The summed E-state index contributed by atoms with van der Waals surface area (Å²) in [6, 6.07) is 11.2. The summed E-state index contributed by atoms with van der Waals surface area (Å²) in [5, 5.41) is 3.18. The number of carbonyl (C=O) groups excluding carboxylic acids is 2. The van der Waals surface area contributed by atoms with Crippen LogP contribution in [-0.4, -0.2) is 25.5 Å². The number of hydrogen-bond donors (Lipinski definition) is 2. The third-order valence-electron chi connectivity index (χ3n) is 3.75. The second-order valence-corrected chi connectivity index (χ2v) is 6.74. The summed E-state index contributed by atoms with van der Waals surface area (Å²) >= 11 is 1.21. The Balaban J connectivity index is 1.83. The summed E-state index contributed by atoms with van der Waals surface area (Å²) < 4.78 is 25.2. The van der Waals surface area contributed by atoms with E-state index in [2.05, 4.69) is 5.32 Å². The fourth-order valence-corrected chi connectivity index (χ4v) is 3.73. The molecule has 1 heterocycles. The van der Waals surface area contributed by atoms with Crippen molar-refractivity contribution in [1.29, 1.82) is 0 Å². The van der Waals surface area contributed by atoms with Gasteiger partial charge in [0.15, 0.2) is 6.61 Å². The fraction of sp³-hybridized carbons (Fsp3) is 0.158. The van der Waals surface area contributed by atoms with Crippen molar-refractivity contribution in [3.63, 3.8) is 0 Å². The van der Waals surface area contributed by atoms with E-state index in [4.69, 9.17) is 15.2 Å². The average Bonchev–Trinajstić information content (AvgIpc) is 3.01. The van der Waals surface area contributed by atoms with Crippen LogP contribution in [-0.2, 0) is 16.1 Å². The second-order valence-electron chi connectivity index (χ2n) is 5.69. The number of rotatable bonds is 7. The van der Waals surface area contributed by atoms with Crippen molar-refractivity contribution >= 4 is 38.9 Å². The number of thiophene rings is 1. The lowest BCUT2D eigenvalue weighted by molar-refractivity contribution is -0.119. The highest BCUT2D eigenvalue weighted by atomic mass is 32.1. The quantitative estimate of drug-likeness (QED) is 0.650. The van der Waals surface area contributed by atoms with Crippen LogP contribution < -0.4 is 15.8 Å². The van der Waals surface area contributed by atoms with E-state index in [1.165, 1.54) is 24.5 Å². The third-order valence-corrected chi connectivity index (χ3v) is 4.95. The van der Waals surface area contributed by atoms with Crippen LogP contribution in [0.4, 0.5) is 10.1 Å². The van der Waals surface area contributed by atoms with Crippen LogP contribution in [0.5, 0.6) is 5.75 Å². The third kappa shape index (κ3) is 4.24. The van der Waals surface area contributed by atoms with Crippen molar-refractivity contribution in [1.82, 2.24) is 0 Å². The number of carbonyl (C=O) groups is 2. The maximum absolute atomic E-state index is 14.2. The molecule has 8 heteroatoms. The van der Waals surface area contributed by atoms with E-state index in [0.717, 1.165) is 0 Å². The standard InChI is InChI=1S/C19H17FN2O4S/c1-25-9-13-17-14(20)3-2-4-15(17)27-18(13)19(24)22-11-5-7-12(8-6-11)26-10-16(21)23/h2-8H,9-10H2,1H3,(H2,21,23)(H,22,24). The number of nitrogens with one attached hydrogen (secondary N) is 1. The Labute approximate surface area is 158 Å². The van der Waals surface area contributed by atoms with E-state index in [1.54, 1.807) is 36.4 Å². The molecule has 3 aromatic rings. The van der Waals surface area contributed by atoms with Crippen molar-refractivity contribution in [3.05, 3.63) is 58.7 Å². The Morgan fingerprint density at radius 3 is 2.59 bits per heavy atom. The van der Waals surface area contributed by atoms with Crippen molar-refractivity contribution < 1.29 is 23.5 Å². The fourth-order valence-electron chi connectivity index (χ4n) is 2.61. The molecular weight excluding hydrogens is 371 g/mol. The Morgan fingerprint density at radius 1 is 1.19 bits per heavy atom. The molecule has 0 saturated heterocycles. The lowest BCUT2D eigenvalue weighted by atomic mass is 10.1. The molecule has 27 heavy (non-hydrogen) atoms. The van der Waals surface area contributed by atoms with E-state index >= 15 is 0 Å². The van der Waals surface area contributed by atoms with Crippen LogP contribution in [0.2, 0.25) is 0 Å². The summed E-state index contributed by atoms with van der Waals surface area (Å²) in [6.07, 6.45) is 0. The molecule has 6 nitrogen and oxygen atoms in total. The van der Waals surface area contributed by atoms with Gasteiger partial charge in [-0.3, -0.25) is 9.59 Å². The van der Waals surface area contributed by atoms with Gasteiger partial charge in [-0.15, -0.1) is 11.3 Å². The molecule has 2 amide bonds. The van der Waals surface area contributed by atoms with Gasteiger partial charge in [0.2, 0.25) is 0 Å². The zero-order valence-corrected chi connectivity index (χ0v) is 15.3. The molecule has 0 saturated carbocycles. The SMILES string of the molecule is COCc1c(C(=O)Nc2ccc(OCC(N)=O)cc2)sc2cccc(F)c12. The Bertz CT molecular complexity index is 985. The number of fused-ring (bicyclic) bond motifs is 1. The number of nitrogens with two attached hydrogens (primary N) is 1. The average molecular weight is 388 g/mol. The molecule has 140 valence electrons. The molecular formula is C19H17FN2O4S. The van der Waals surface area contributed by atoms with Crippen molar-refractivity contribution in [2.75, 3.05) is 19.0 Å². The molecule has 0 aliphatic heterocycles. The van der Waals surface area contributed by atoms with Gasteiger partial charge in [-0.2, -0.15) is 0 Å². The van der Waals surface area contributed by atoms with Gasteiger partial charge >= 0.3 is 0 Å². The normalized spacial score (nSPS) is 10.7. The molecule has 0 fully saturated rings. The van der Waals surface area contributed by atoms with E-state index < -0.39 is 5.91 Å². The Morgan fingerprint density at radius 2 is 1.93 bits per heavy atom. The summed E-state index contributed by atoms with van der Waals surface area (Å²) in [5.41, 5.74) is 6.08. The predicted octanol–water partition coefficient (Wildman–Crippen LogP) is 3.30. The zero-order chi connectivity index (χ0) is 19.4. The maximum atomic E-state index is 14.2. The molecule has 1 aromatic heterocycles. The van der Waals surface area contributed by atoms with Gasteiger partial charge in [0.1, 0.15) is 11.6 Å². The van der Waals surface area contributed by atoms with E-state index in [0.29, 0.717) is 32.0 Å².